The summed E-state index contributed by atoms with van der Waals surface area (Å²) in [6.07, 6.45) is 3.29. The minimum Gasteiger partial charge on any atom is -0.343 e. The Bertz CT molecular complexity index is 574. The summed E-state index contributed by atoms with van der Waals surface area (Å²) in [6.45, 7) is 1.87. The molecule has 19 heavy (non-hydrogen) atoms. The zero-order valence-corrected chi connectivity index (χ0v) is 10.9. The third-order valence-electron chi connectivity index (χ3n) is 2.55. The summed E-state index contributed by atoms with van der Waals surface area (Å²) >= 11 is 1.39. The van der Waals surface area contributed by atoms with E-state index in [0.29, 0.717) is 6.42 Å². The quantitative estimate of drug-likeness (QED) is 0.878. The molecule has 0 aliphatic rings. The van der Waals surface area contributed by atoms with Gasteiger partial charge in [0.2, 0.25) is 5.95 Å². The van der Waals surface area contributed by atoms with Crippen LogP contribution in [0, 0.1) is 11.8 Å². The fraction of sp³-hybridized carbons (Fsp3) is 0.250. The molecule has 0 saturated carbocycles. The molecule has 2 rings (SSSR count). The monoisotopic (exact) mass is 283 g/mol. The van der Waals surface area contributed by atoms with Gasteiger partial charge in [-0.05, 0) is 12.5 Å². The highest BCUT2D eigenvalue weighted by Gasteiger charge is 2.20. The molecule has 0 aromatic carbocycles. The van der Waals surface area contributed by atoms with Crippen LogP contribution < -0.4 is 5.32 Å². The minimum atomic E-state index is -1.28. The van der Waals surface area contributed by atoms with E-state index >= 15 is 0 Å². The minimum absolute atomic E-state index is 0.317. The Labute approximate surface area is 112 Å². The van der Waals surface area contributed by atoms with Crippen molar-refractivity contribution in [2.75, 3.05) is 0 Å². The summed E-state index contributed by atoms with van der Waals surface area (Å²) in [6, 6.07) is 0.825. The SMILES string of the molecule is CCC(NC(=O)c1ccnc(F)c1F)c1nccs1. The number of amides is 1. The standard InChI is InChI=1S/C12H11F2N3OS/c1-2-8(12-16-5-6-19-12)17-11(18)7-3-4-15-10(14)9(7)13/h3-6,8H,2H2,1H3,(H,17,18). The summed E-state index contributed by atoms with van der Waals surface area (Å²) < 4.78 is 26.4. The van der Waals surface area contributed by atoms with E-state index in [1.807, 2.05) is 6.92 Å². The van der Waals surface area contributed by atoms with Gasteiger partial charge in [0.15, 0.2) is 5.82 Å². The smallest absolute Gasteiger partial charge is 0.255 e. The van der Waals surface area contributed by atoms with Gasteiger partial charge in [-0.3, -0.25) is 4.79 Å². The predicted molar refractivity (Wildman–Crippen MR) is 66.8 cm³/mol. The zero-order chi connectivity index (χ0) is 13.8. The van der Waals surface area contributed by atoms with Crippen LogP contribution in [0.2, 0.25) is 0 Å². The van der Waals surface area contributed by atoms with Crippen LogP contribution >= 0.6 is 11.3 Å². The van der Waals surface area contributed by atoms with Crippen LogP contribution in [0.3, 0.4) is 0 Å². The molecule has 1 unspecified atom stereocenters. The van der Waals surface area contributed by atoms with Crippen molar-refractivity contribution in [2.45, 2.75) is 19.4 Å². The first kappa shape index (κ1) is 13.5. The summed E-state index contributed by atoms with van der Waals surface area (Å²) in [7, 11) is 0. The lowest BCUT2D eigenvalue weighted by Gasteiger charge is -2.14. The van der Waals surface area contributed by atoms with Crippen LogP contribution in [0.4, 0.5) is 8.78 Å². The highest BCUT2D eigenvalue weighted by molar-refractivity contribution is 7.09. The third kappa shape index (κ3) is 2.93. The molecule has 4 nitrogen and oxygen atoms in total. The molecule has 1 amide bonds. The molecule has 0 saturated heterocycles. The number of aromatic nitrogens is 2. The summed E-state index contributed by atoms with van der Waals surface area (Å²) in [4.78, 5) is 19.2. The number of carbonyl (C=O) groups excluding carboxylic acids is 1. The first-order valence-electron chi connectivity index (χ1n) is 5.63. The lowest BCUT2D eigenvalue weighted by Crippen LogP contribution is -2.29. The molecule has 0 fully saturated rings. The van der Waals surface area contributed by atoms with Crippen LogP contribution in [0.5, 0.6) is 0 Å². The van der Waals surface area contributed by atoms with E-state index in [2.05, 4.69) is 15.3 Å². The number of pyridine rings is 1. The van der Waals surface area contributed by atoms with Crippen LogP contribution in [0.1, 0.15) is 34.8 Å². The molecule has 100 valence electrons. The normalized spacial score (nSPS) is 12.2. The average molecular weight is 283 g/mol. The van der Waals surface area contributed by atoms with E-state index in [0.717, 1.165) is 17.3 Å². The zero-order valence-electron chi connectivity index (χ0n) is 10.1. The van der Waals surface area contributed by atoms with E-state index in [1.54, 1.807) is 11.6 Å². The predicted octanol–water partition coefficient (Wildman–Crippen LogP) is 2.70. The van der Waals surface area contributed by atoms with Gasteiger partial charge in [0.05, 0.1) is 11.6 Å². The average Bonchev–Trinajstić information content (AvgIpc) is 2.92. The topological polar surface area (TPSA) is 54.9 Å². The lowest BCUT2D eigenvalue weighted by molar-refractivity contribution is 0.0930. The molecule has 0 aliphatic heterocycles. The van der Waals surface area contributed by atoms with Gasteiger partial charge in [-0.25, -0.2) is 14.4 Å². The lowest BCUT2D eigenvalue weighted by atomic mass is 10.2. The maximum absolute atomic E-state index is 13.4. The van der Waals surface area contributed by atoms with Gasteiger partial charge in [-0.15, -0.1) is 11.3 Å². The Morgan fingerprint density at radius 1 is 1.42 bits per heavy atom. The molecule has 7 heteroatoms. The van der Waals surface area contributed by atoms with Crippen molar-refractivity contribution in [3.05, 3.63) is 46.2 Å². The molecule has 0 aliphatic carbocycles. The van der Waals surface area contributed by atoms with Crippen molar-refractivity contribution in [1.82, 2.24) is 15.3 Å². The maximum atomic E-state index is 13.4. The number of nitrogens with zero attached hydrogens (tertiary/aromatic N) is 2. The Kier molecular flexibility index (Phi) is 4.16. The number of nitrogens with one attached hydrogen (secondary N) is 1. The van der Waals surface area contributed by atoms with Gasteiger partial charge in [0, 0.05) is 17.8 Å². The molecule has 0 spiro atoms. The van der Waals surface area contributed by atoms with Gasteiger partial charge >= 0.3 is 0 Å². The van der Waals surface area contributed by atoms with Crippen molar-refractivity contribution >= 4 is 17.2 Å². The molecule has 0 bridgehead atoms. The highest BCUT2D eigenvalue weighted by atomic mass is 32.1. The van der Waals surface area contributed by atoms with Gasteiger partial charge in [-0.2, -0.15) is 4.39 Å². The molecule has 0 radical (unpaired) electrons. The summed E-state index contributed by atoms with van der Waals surface area (Å²) in [5.41, 5.74) is -0.359. The Hall–Kier alpha value is -1.89. The van der Waals surface area contributed by atoms with E-state index in [9.17, 15) is 13.6 Å². The van der Waals surface area contributed by atoms with Gasteiger partial charge in [-0.1, -0.05) is 6.92 Å². The number of hydrogen-bond acceptors (Lipinski definition) is 4. The number of carbonyl (C=O) groups is 1. The molecular weight excluding hydrogens is 272 g/mol. The second-order valence-corrected chi connectivity index (χ2v) is 4.69. The van der Waals surface area contributed by atoms with E-state index < -0.39 is 17.7 Å². The first-order valence-corrected chi connectivity index (χ1v) is 6.51. The van der Waals surface area contributed by atoms with Crippen LogP contribution in [0.25, 0.3) is 0 Å². The fourth-order valence-electron chi connectivity index (χ4n) is 1.57. The Morgan fingerprint density at radius 2 is 2.21 bits per heavy atom. The molecule has 1 atom stereocenters. The van der Waals surface area contributed by atoms with Gasteiger partial charge in [0.1, 0.15) is 5.01 Å². The highest BCUT2D eigenvalue weighted by Crippen LogP contribution is 2.20. The second-order valence-electron chi connectivity index (χ2n) is 3.77. The van der Waals surface area contributed by atoms with E-state index in [-0.39, 0.29) is 11.6 Å². The van der Waals surface area contributed by atoms with Crippen molar-refractivity contribution < 1.29 is 13.6 Å². The van der Waals surface area contributed by atoms with Crippen molar-refractivity contribution in [1.29, 1.82) is 0 Å². The molecule has 1 N–H and O–H groups in total. The number of halogens is 2. The van der Waals surface area contributed by atoms with Gasteiger partial charge in [0.25, 0.3) is 5.91 Å². The van der Waals surface area contributed by atoms with Gasteiger partial charge < -0.3 is 5.32 Å². The number of hydrogen-bond donors (Lipinski definition) is 1. The van der Waals surface area contributed by atoms with Crippen molar-refractivity contribution in [2.24, 2.45) is 0 Å². The largest absolute Gasteiger partial charge is 0.343 e. The van der Waals surface area contributed by atoms with E-state index in [4.69, 9.17) is 0 Å². The van der Waals surface area contributed by atoms with Crippen molar-refractivity contribution in [3.63, 3.8) is 0 Å². The van der Waals surface area contributed by atoms with Crippen LogP contribution in [-0.2, 0) is 0 Å². The molecule has 2 aromatic heterocycles. The van der Waals surface area contributed by atoms with Crippen LogP contribution in [-0.4, -0.2) is 15.9 Å². The van der Waals surface area contributed by atoms with Crippen LogP contribution in [0.15, 0.2) is 23.8 Å². The molecular formula is C12H11F2N3OS. The third-order valence-corrected chi connectivity index (χ3v) is 3.44. The maximum Gasteiger partial charge on any atom is 0.255 e. The summed E-state index contributed by atoms with van der Waals surface area (Å²) in [5, 5.41) is 5.14. The fourth-order valence-corrected chi connectivity index (χ4v) is 2.35. The first-order chi connectivity index (χ1) is 9.13. The number of rotatable bonds is 4. The van der Waals surface area contributed by atoms with Crippen molar-refractivity contribution in [3.8, 4) is 0 Å². The Morgan fingerprint density at radius 3 is 2.84 bits per heavy atom. The Balaban J connectivity index is 2.18. The van der Waals surface area contributed by atoms with E-state index in [1.165, 1.54) is 11.3 Å². The second kappa shape index (κ2) is 5.83. The number of thiazole rings is 1. The molecule has 2 heterocycles. The molecule has 2 aromatic rings. The summed E-state index contributed by atoms with van der Waals surface area (Å²) in [5.74, 6) is -3.20.